The lowest BCUT2D eigenvalue weighted by molar-refractivity contribution is -0.136. The first-order valence-corrected chi connectivity index (χ1v) is 6.91. The third-order valence-corrected chi connectivity index (χ3v) is 4.28. The van der Waals surface area contributed by atoms with Gasteiger partial charge in [0, 0.05) is 39.3 Å². The first-order valence-electron chi connectivity index (χ1n) is 6.91. The van der Waals surface area contributed by atoms with E-state index in [0.717, 1.165) is 39.0 Å². The Hall–Kier alpha value is -0.650. The molecule has 0 aromatic heterocycles. The van der Waals surface area contributed by atoms with Gasteiger partial charge in [-0.3, -0.25) is 9.69 Å². The molecule has 2 rings (SSSR count). The van der Waals surface area contributed by atoms with E-state index in [1.807, 2.05) is 4.90 Å². The topological polar surface area (TPSA) is 44.8 Å². The number of hydrogen-bond acceptors (Lipinski definition) is 4. The molecule has 1 N–H and O–H groups in total. The molecule has 0 aromatic carbocycles. The zero-order valence-electron chi connectivity index (χ0n) is 11.7. The Morgan fingerprint density at radius 2 is 2.22 bits per heavy atom. The van der Waals surface area contributed by atoms with E-state index in [2.05, 4.69) is 24.2 Å². The van der Waals surface area contributed by atoms with Crippen molar-refractivity contribution in [2.45, 2.75) is 38.0 Å². The Morgan fingerprint density at radius 1 is 1.44 bits per heavy atom. The summed E-state index contributed by atoms with van der Waals surface area (Å²) in [4.78, 5) is 16.8. The second kappa shape index (κ2) is 5.99. The van der Waals surface area contributed by atoms with Gasteiger partial charge >= 0.3 is 0 Å². The second-order valence-corrected chi connectivity index (χ2v) is 5.38. The van der Waals surface area contributed by atoms with Crippen molar-refractivity contribution in [3.05, 3.63) is 0 Å². The highest BCUT2D eigenvalue weighted by Gasteiger charge is 2.34. The smallest absolute Gasteiger partial charge is 0.239 e. The van der Waals surface area contributed by atoms with Gasteiger partial charge in [-0.05, 0) is 19.9 Å². The molecule has 1 amide bonds. The summed E-state index contributed by atoms with van der Waals surface area (Å²) in [7, 11) is 3.85. The van der Waals surface area contributed by atoms with Crippen LogP contribution in [-0.4, -0.2) is 74.2 Å². The van der Waals surface area contributed by atoms with Gasteiger partial charge in [0.15, 0.2) is 0 Å². The molecule has 0 bridgehead atoms. The number of rotatable bonds is 3. The Kier molecular flexibility index (Phi) is 4.59. The lowest BCUT2D eigenvalue weighted by Crippen LogP contribution is -2.56. The maximum atomic E-state index is 12.4. The van der Waals surface area contributed by atoms with Gasteiger partial charge in [0.1, 0.15) is 0 Å². The number of ether oxygens (including phenoxy) is 1. The highest BCUT2D eigenvalue weighted by atomic mass is 16.5. The van der Waals surface area contributed by atoms with E-state index in [-0.39, 0.29) is 18.1 Å². The van der Waals surface area contributed by atoms with Gasteiger partial charge in [-0.15, -0.1) is 0 Å². The molecule has 0 spiro atoms. The fourth-order valence-electron chi connectivity index (χ4n) is 2.88. The highest BCUT2D eigenvalue weighted by Crippen LogP contribution is 2.16. The van der Waals surface area contributed by atoms with Crippen molar-refractivity contribution in [1.29, 1.82) is 0 Å². The summed E-state index contributed by atoms with van der Waals surface area (Å²) in [5, 5.41) is 3.27. The third-order valence-electron chi connectivity index (χ3n) is 4.28. The maximum absolute atomic E-state index is 12.4. The number of likely N-dealkylation sites (N-methyl/N-ethyl adjacent to an activating group) is 1. The predicted molar refractivity (Wildman–Crippen MR) is 70.5 cm³/mol. The molecule has 0 radical (unpaired) electrons. The average molecular weight is 255 g/mol. The summed E-state index contributed by atoms with van der Waals surface area (Å²) in [5.41, 5.74) is 0. The highest BCUT2D eigenvalue weighted by molar-refractivity contribution is 5.82. The molecule has 2 heterocycles. The average Bonchev–Trinajstić information content (AvgIpc) is 2.87. The molecule has 18 heavy (non-hydrogen) atoms. The molecule has 104 valence electrons. The zero-order valence-corrected chi connectivity index (χ0v) is 11.7. The summed E-state index contributed by atoms with van der Waals surface area (Å²) >= 11 is 0. The van der Waals surface area contributed by atoms with E-state index >= 15 is 0 Å². The van der Waals surface area contributed by atoms with Crippen LogP contribution in [0.1, 0.15) is 19.8 Å². The van der Waals surface area contributed by atoms with Crippen LogP contribution in [0.2, 0.25) is 0 Å². The molecule has 2 aliphatic rings. The Bertz CT molecular complexity index is 298. The molecule has 3 atom stereocenters. The minimum atomic E-state index is -0.0455. The molecule has 2 aliphatic heterocycles. The number of amides is 1. The van der Waals surface area contributed by atoms with E-state index in [4.69, 9.17) is 4.74 Å². The van der Waals surface area contributed by atoms with Gasteiger partial charge in [0.05, 0.1) is 12.1 Å². The van der Waals surface area contributed by atoms with Crippen LogP contribution in [0.3, 0.4) is 0 Å². The molecule has 0 saturated carbocycles. The van der Waals surface area contributed by atoms with Crippen LogP contribution in [0, 0.1) is 0 Å². The Balaban J connectivity index is 1.89. The van der Waals surface area contributed by atoms with Crippen molar-refractivity contribution >= 4 is 5.91 Å². The summed E-state index contributed by atoms with van der Waals surface area (Å²) in [6, 6.07) is 0.457. The summed E-state index contributed by atoms with van der Waals surface area (Å²) in [5.74, 6) is 0.251. The predicted octanol–water partition coefficient (Wildman–Crippen LogP) is -0.0841. The van der Waals surface area contributed by atoms with Gasteiger partial charge in [-0.2, -0.15) is 0 Å². The number of piperazine rings is 1. The third kappa shape index (κ3) is 2.84. The van der Waals surface area contributed by atoms with Crippen molar-refractivity contribution in [1.82, 2.24) is 15.1 Å². The fraction of sp³-hybridized carbons (Fsp3) is 0.923. The standard InChI is InChI=1S/C13H25N3O2/c1-4-10-9-16(6-5-15(10)2)13(17)12-7-11(18-3)8-14-12/h10-12,14H,4-9H2,1-3H3. The van der Waals surface area contributed by atoms with E-state index < -0.39 is 0 Å². The zero-order chi connectivity index (χ0) is 13.1. The summed E-state index contributed by atoms with van der Waals surface area (Å²) in [6.07, 6.45) is 2.09. The Morgan fingerprint density at radius 3 is 2.83 bits per heavy atom. The molecule has 5 nitrogen and oxygen atoms in total. The van der Waals surface area contributed by atoms with E-state index in [1.165, 1.54) is 0 Å². The van der Waals surface area contributed by atoms with Gasteiger partial charge in [0.2, 0.25) is 5.91 Å². The summed E-state index contributed by atoms with van der Waals surface area (Å²) < 4.78 is 5.30. The van der Waals surface area contributed by atoms with Crippen LogP contribution in [-0.2, 0) is 9.53 Å². The Labute approximate surface area is 109 Å². The number of hydrogen-bond donors (Lipinski definition) is 1. The van der Waals surface area contributed by atoms with E-state index in [0.29, 0.717) is 6.04 Å². The maximum Gasteiger partial charge on any atom is 0.239 e. The van der Waals surface area contributed by atoms with Gasteiger partial charge in [0.25, 0.3) is 0 Å². The van der Waals surface area contributed by atoms with Gasteiger partial charge in [-0.1, -0.05) is 6.92 Å². The number of carbonyl (C=O) groups is 1. The van der Waals surface area contributed by atoms with Crippen LogP contribution in [0.4, 0.5) is 0 Å². The second-order valence-electron chi connectivity index (χ2n) is 5.38. The normalized spacial score (nSPS) is 33.9. The lowest BCUT2D eigenvalue weighted by atomic mass is 10.1. The number of nitrogens with zero attached hydrogens (tertiary/aromatic N) is 2. The fourth-order valence-corrected chi connectivity index (χ4v) is 2.88. The molecule has 5 heteroatoms. The van der Waals surface area contributed by atoms with Crippen LogP contribution in [0.5, 0.6) is 0 Å². The van der Waals surface area contributed by atoms with Crippen LogP contribution < -0.4 is 5.32 Å². The van der Waals surface area contributed by atoms with Crippen molar-refractivity contribution in [2.24, 2.45) is 0 Å². The van der Waals surface area contributed by atoms with Crippen LogP contribution in [0.15, 0.2) is 0 Å². The number of nitrogens with one attached hydrogen (secondary N) is 1. The van der Waals surface area contributed by atoms with Crippen molar-refractivity contribution in [3.8, 4) is 0 Å². The lowest BCUT2D eigenvalue weighted by Gasteiger charge is -2.40. The van der Waals surface area contributed by atoms with Gasteiger partial charge < -0.3 is 15.0 Å². The van der Waals surface area contributed by atoms with Crippen molar-refractivity contribution in [2.75, 3.05) is 40.3 Å². The van der Waals surface area contributed by atoms with Crippen molar-refractivity contribution < 1.29 is 9.53 Å². The molecule has 2 fully saturated rings. The van der Waals surface area contributed by atoms with Crippen molar-refractivity contribution in [3.63, 3.8) is 0 Å². The quantitative estimate of drug-likeness (QED) is 0.766. The molecule has 0 aromatic rings. The van der Waals surface area contributed by atoms with Crippen LogP contribution >= 0.6 is 0 Å². The largest absolute Gasteiger partial charge is 0.380 e. The molecular weight excluding hydrogens is 230 g/mol. The van der Waals surface area contributed by atoms with Gasteiger partial charge in [-0.25, -0.2) is 0 Å². The van der Waals surface area contributed by atoms with Crippen LogP contribution in [0.25, 0.3) is 0 Å². The first kappa shape index (κ1) is 13.8. The van der Waals surface area contributed by atoms with E-state index in [9.17, 15) is 4.79 Å². The SMILES string of the molecule is CCC1CN(C(=O)C2CC(OC)CN2)CCN1C. The minimum Gasteiger partial charge on any atom is -0.380 e. The summed E-state index contributed by atoms with van der Waals surface area (Å²) in [6.45, 7) is 5.66. The molecular formula is C13H25N3O2. The monoisotopic (exact) mass is 255 g/mol. The minimum absolute atomic E-state index is 0.0455. The molecule has 3 unspecified atom stereocenters. The van der Waals surface area contributed by atoms with E-state index in [1.54, 1.807) is 7.11 Å². The molecule has 0 aliphatic carbocycles. The number of carbonyl (C=O) groups excluding carboxylic acids is 1. The first-order chi connectivity index (χ1) is 8.65. The molecule has 2 saturated heterocycles. The number of methoxy groups -OCH3 is 1.